The van der Waals surface area contributed by atoms with E-state index >= 15 is 0 Å². The van der Waals surface area contributed by atoms with Crippen LogP contribution in [0.1, 0.15) is 35.5 Å². The predicted molar refractivity (Wildman–Crippen MR) is 95.4 cm³/mol. The number of pyridine rings is 1. The number of aromatic nitrogens is 4. The van der Waals surface area contributed by atoms with Gasteiger partial charge >= 0.3 is 0 Å². The molecule has 1 unspecified atom stereocenters. The highest BCUT2D eigenvalue weighted by Gasteiger charge is 2.46. The van der Waals surface area contributed by atoms with Gasteiger partial charge in [0.05, 0.1) is 23.9 Å². The van der Waals surface area contributed by atoms with E-state index in [4.69, 9.17) is 0 Å². The number of fused-ring (bicyclic) bond motifs is 1. The van der Waals surface area contributed by atoms with Crippen LogP contribution < -0.4 is 0 Å². The highest BCUT2D eigenvalue weighted by Crippen LogP contribution is 2.43. The van der Waals surface area contributed by atoms with Crippen molar-refractivity contribution in [3.05, 3.63) is 53.9 Å². The van der Waals surface area contributed by atoms with Gasteiger partial charge in [-0.25, -0.2) is 9.97 Å². The molecule has 3 heterocycles. The fourth-order valence-corrected chi connectivity index (χ4v) is 3.90. The number of hydrogen-bond donors (Lipinski definition) is 3. The molecule has 1 fully saturated rings. The second-order valence-corrected chi connectivity index (χ2v) is 7.05. The fraction of sp³-hybridized carbons (Fsp3) is 0.421. The molecule has 5 atom stereocenters. The van der Waals surface area contributed by atoms with Gasteiger partial charge in [0.15, 0.2) is 0 Å². The summed E-state index contributed by atoms with van der Waals surface area (Å²) in [6.07, 6.45) is 2.50. The number of aryl methyl sites for hydroxylation is 2. The molecule has 0 amide bonds. The van der Waals surface area contributed by atoms with Crippen LogP contribution in [0, 0.1) is 19.8 Å². The molecule has 136 valence electrons. The van der Waals surface area contributed by atoms with Crippen LogP contribution in [0.4, 0.5) is 0 Å². The Hall–Kier alpha value is -2.35. The van der Waals surface area contributed by atoms with Gasteiger partial charge in [-0.3, -0.25) is 4.98 Å². The van der Waals surface area contributed by atoms with Gasteiger partial charge in [0.25, 0.3) is 0 Å². The van der Waals surface area contributed by atoms with Gasteiger partial charge in [-0.15, -0.1) is 0 Å². The summed E-state index contributed by atoms with van der Waals surface area (Å²) >= 11 is 0. The lowest BCUT2D eigenvalue weighted by Gasteiger charge is -2.22. The third-order valence-electron chi connectivity index (χ3n) is 5.44. The molecule has 7 nitrogen and oxygen atoms in total. The SMILES string of the molecule is Cc1ccc(C(O)[C@H]2C[C@@H](n3ccc4c(C)ncnc43)[C@H](O)[C@@H]2O)cn1. The average Bonchev–Trinajstić information content (AvgIpc) is 3.18. The van der Waals surface area contributed by atoms with Gasteiger partial charge < -0.3 is 19.9 Å². The molecule has 3 N–H and O–H groups in total. The highest BCUT2D eigenvalue weighted by atomic mass is 16.3. The van der Waals surface area contributed by atoms with Crippen molar-refractivity contribution in [2.45, 2.75) is 44.6 Å². The molecule has 0 spiro atoms. The molecule has 3 aromatic heterocycles. The first-order chi connectivity index (χ1) is 12.5. The van der Waals surface area contributed by atoms with E-state index in [9.17, 15) is 15.3 Å². The van der Waals surface area contributed by atoms with Crippen LogP contribution in [0.3, 0.4) is 0 Å². The van der Waals surface area contributed by atoms with Gasteiger partial charge in [0.1, 0.15) is 18.1 Å². The zero-order chi connectivity index (χ0) is 18.4. The molecular weight excluding hydrogens is 332 g/mol. The van der Waals surface area contributed by atoms with Crippen LogP contribution in [0.5, 0.6) is 0 Å². The molecular formula is C19H22N4O3. The quantitative estimate of drug-likeness (QED) is 0.658. The monoisotopic (exact) mass is 354 g/mol. The summed E-state index contributed by atoms with van der Waals surface area (Å²) in [5.74, 6) is -0.486. The molecule has 0 radical (unpaired) electrons. The number of nitrogens with zero attached hydrogens (tertiary/aromatic N) is 4. The molecule has 7 heteroatoms. The van der Waals surface area contributed by atoms with Crippen LogP contribution >= 0.6 is 0 Å². The summed E-state index contributed by atoms with van der Waals surface area (Å²) in [5.41, 5.74) is 3.09. The third kappa shape index (κ3) is 2.68. The first-order valence-corrected chi connectivity index (χ1v) is 8.72. The lowest BCUT2D eigenvalue weighted by molar-refractivity contribution is -0.0265. The fourth-order valence-electron chi connectivity index (χ4n) is 3.90. The molecule has 0 bridgehead atoms. The zero-order valence-corrected chi connectivity index (χ0v) is 14.7. The maximum Gasteiger partial charge on any atom is 0.143 e. The Morgan fingerprint density at radius 1 is 1.08 bits per heavy atom. The molecule has 1 saturated carbocycles. The molecule has 26 heavy (non-hydrogen) atoms. The first-order valence-electron chi connectivity index (χ1n) is 8.72. The lowest BCUT2D eigenvalue weighted by atomic mass is 9.93. The minimum Gasteiger partial charge on any atom is -0.390 e. The van der Waals surface area contributed by atoms with Crippen molar-refractivity contribution in [3.63, 3.8) is 0 Å². The average molecular weight is 354 g/mol. The van der Waals surface area contributed by atoms with E-state index < -0.39 is 24.2 Å². The van der Waals surface area contributed by atoms with Crippen LogP contribution in [0.2, 0.25) is 0 Å². The molecule has 0 saturated heterocycles. The molecule has 3 aromatic rings. The Balaban J connectivity index is 1.65. The summed E-state index contributed by atoms with van der Waals surface area (Å²) in [7, 11) is 0. The van der Waals surface area contributed by atoms with Crippen LogP contribution in [-0.2, 0) is 0 Å². The van der Waals surface area contributed by atoms with Gasteiger partial charge in [0, 0.05) is 29.4 Å². The van der Waals surface area contributed by atoms with Crippen molar-refractivity contribution < 1.29 is 15.3 Å². The maximum absolute atomic E-state index is 10.7. The van der Waals surface area contributed by atoms with Crippen molar-refractivity contribution in [2.75, 3.05) is 0 Å². The smallest absolute Gasteiger partial charge is 0.143 e. The van der Waals surface area contributed by atoms with E-state index in [2.05, 4.69) is 15.0 Å². The minimum absolute atomic E-state index is 0.366. The maximum atomic E-state index is 10.7. The van der Waals surface area contributed by atoms with Crippen LogP contribution in [0.25, 0.3) is 11.0 Å². The van der Waals surface area contributed by atoms with Gasteiger partial charge in [-0.05, 0) is 38.0 Å². The largest absolute Gasteiger partial charge is 0.390 e. The standard InChI is InChI=1S/C19H22N4O3/c1-10-3-4-12(8-20-10)16(24)14-7-15(18(26)17(14)25)23-6-5-13-11(2)21-9-22-19(13)23/h3-6,8-9,14-18,24-26H,7H2,1-2H3/t14-,15-,16?,17-,18+/m1/s1. The van der Waals surface area contributed by atoms with Crippen LogP contribution in [-0.4, -0.2) is 47.0 Å². The number of hydrogen-bond acceptors (Lipinski definition) is 6. The van der Waals surface area contributed by atoms with Gasteiger partial charge in [0.2, 0.25) is 0 Å². The Kier molecular flexibility index (Phi) is 4.22. The number of aliphatic hydroxyl groups excluding tert-OH is 3. The number of aliphatic hydroxyl groups is 3. The number of rotatable bonds is 3. The van der Waals surface area contributed by atoms with Gasteiger partial charge in [-0.2, -0.15) is 0 Å². The summed E-state index contributed by atoms with van der Waals surface area (Å²) in [6.45, 7) is 3.78. The normalized spacial score (nSPS) is 27.1. The molecule has 1 aliphatic rings. The van der Waals surface area contributed by atoms with Crippen molar-refractivity contribution in [2.24, 2.45) is 5.92 Å². The van der Waals surface area contributed by atoms with E-state index in [1.165, 1.54) is 6.33 Å². The zero-order valence-electron chi connectivity index (χ0n) is 14.7. The second-order valence-electron chi connectivity index (χ2n) is 7.05. The first kappa shape index (κ1) is 17.1. The molecule has 0 aliphatic heterocycles. The van der Waals surface area contributed by atoms with E-state index in [-0.39, 0.29) is 6.04 Å². The summed E-state index contributed by atoms with van der Waals surface area (Å²) in [4.78, 5) is 12.7. The molecule has 4 rings (SSSR count). The Morgan fingerprint density at radius 3 is 2.62 bits per heavy atom. The summed E-state index contributed by atoms with van der Waals surface area (Å²) in [6, 6.07) is 5.18. The van der Waals surface area contributed by atoms with Crippen molar-refractivity contribution in [1.82, 2.24) is 19.5 Å². The topological polar surface area (TPSA) is 104 Å². The summed E-state index contributed by atoms with van der Waals surface area (Å²) in [5, 5.41) is 32.8. The van der Waals surface area contributed by atoms with Gasteiger partial charge in [-0.1, -0.05) is 6.07 Å². The van der Waals surface area contributed by atoms with Crippen molar-refractivity contribution >= 4 is 11.0 Å². The minimum atomic E-state index is -1.03. The Labute approximate surface area is 151 Å². The van der Waals surface area contributed by atoms with Crippen molar-refractivity contribution in [1.29, 1.82) is 0 Å². The van der Waals surface area contributed by atoms with E-state index in [1.54, 1.807) is 12.3 Å². The lowest BCUT2D eigenvalue weighted by Crippen LogP contribution is -2.31. The Morgan fingerprint density at radius 2 is 1.88 bits per heavy atom. The molecule has 0 aromatic carbocycles. The predicted octanol–water partition coefficient (Wildman–Crippen LogP) is 1.46. The van der Waals surface area contributed by atoms with E-state index in [0.717, 1.165) is 22.4 Å². The van der Waals surface area contributed by atoms with E-state index in [1.807, 2.05) is 36.7 Å². The summed E-state index contributed by atoms with van der Waals surface area (Å²) < 4.78 is 1.87. The van der Waals surface area contributed by atoms with Crippen molar-refractivity contribution in [3.8, 4) is 0 Å². The van der Waals surface area contributed by atoms with E-state index in [0.29, 0.717) is 12.0 Å². The van der Waals surface area contributed by atoms with Crippen LogP contribution in [0.15, 0.2) is 36.9 Å². The third-order valence-corrected chi connectivity index (χ3v) is 5.44. The molecule has 1 aliphatic carbocycles. The Bertz CT molecular complexity index is 924. The highest BCUT2D eigenvalue weighted by molar-refractivity contribution is 5.78. The second kappa shape index (κ2) is 6.42.